The van der Waals surface area contributed by atoms with Crippen LogP contribution in [0.4, 0.5) is 5.69 Å². The third-order valence-electron chi connectivity index (χ3n) is 3.68. The third kappa shape index (κ3) is 4.61. The predicted octanol–water partition coefficient (Wildman–Crippen LogP) is 5.52. The van der Waals surface area contributed by atoms with Gasteiger partial charge in [-0.3, -0.25) is 10.1 Å². The molecule has 132 valence electrons. The molecule has 26 heavy (non-hydrogen) atoms. The first-order valence-corrected chi connectivity index (χ1v) is 8.74. The fourth-order valence-electron chi connectivity index (χ4n) is 2.36. The zero-order valence-electron chi connectivity index (χ0n) is 13.8. The number of nitro groups is 1. The van der Waals surface area contributed by atoms with Gasteiger partial charge in [0.15, 0.2) is 11.5 Å². The molecule has 3 rings (SSSR count). The lowest BCUT2D eigenvalue weighted by atomic mass is 10.2. The van der Waals surface area contributed by atoms with E-state index in [4.69, 9.17) is 9.47 Å². The zero-order chi connectivity index (χ0) is 18.4. The molecule has 0 atom stereocenters. The lowest BCUT2D eigenvalue weighted by molar-refractivity contribution is -0.385. The summed E-state index contributed by atoms with van der Waals surface area (Å²) in [5.41, 5.74) is 1.89. The molecule has 0 unspecified atom stereocenters. The second kappa shape index (κ2) is 8.49. The Morgan fingerprint density at radius 1 is 0.808 bits per heavy atom. The van der Waals surface area contributed by atoms with Gasteiger partial charge in [-0.15, -0.1) is 0 Å². The maximum absolute atomic E-state index is 11.2. The summed E-state index contributed by atoms with van der Waals surface area (Å²) in [5.74, 6) is 0.780. The van der Waals surface area contributed by atoms with Crippen molar-refractivity contribution in [1.29, 1.82) is 0 Å². The van der Waals surface area contributed by atoms with Gasteiger partial charge in [0.2, 0.25) is 0 Å². The van der Waals surface area contributed by atoms with Gasteiger partial charge in [-0.1, -0.05) is 60.7 Å². The first-order valence-electron chi connectivity index (χ1n) is 7.95. The number of hydrogen-bond donors (Lipinski definition) is 0. The molecule has 3 aromatic carbocycles. The highest BCUT2D eigenvalue weighted by atomic mass is 79.9. The SMILES string of the molecule is O=[N+]([O-])c1cc(OCc2ccccc2)c(OCc2ccccc2)cc1Br. The van der Waals surface area contributed by atoms with E-state index >= 15 is 0 Å². The van der Waals surface area contributed by atoms with E-state index in [1.807, 2.05) is 60.7 Å². The van der Waals surface area contributed by atoms with Crippen LogP contribution >= 0.6 is 15.9 Å². The highest BCUT2D eigenvalue weighted by Gasteiger charge is 2.19. The van der Waals surface area contributed by atoms with Crippen LogP contribution in [0.1, 0.15) is 11.1 Å². The minimum Gasteiger partial charge on any atom is -0.485 e. The normalized spacial score (nSPS) is 10.3. The van der Waals surface area contributed by atoms with Crippen molar-refractivity contribution in [2.24, 2.45) is 0 Å². The molecular formula is C20H16BrNO4. The van der Waals surface area contributed by atoms with Gasteiger partial charge in [-0.25, -0.2) is 0 Å². The summed E-state index contributed by atoms with van der Waals surface area (Å²) in [6, 6.07) is 22.2. The van der Waals surface area contributed by atoms with E-state index in [-0.39, 0.29) is 5.69 Å². The summed E-state index contributed by atoms with van der Waals surface area (Å²) >= 11 is 3.23. The Hall–Kier alpha value is -2.86. The lowest BCUT2D eigenvalue weighted by Crippen LogP contribution is -2.02. The van der Waals surface area contributed by atoms with Crippen molar-refractivity contribution in [2.45, 2.75) is 13.2 Å². The van der Waals surface area contributed by atoms with E-state index in [1.54, 1.807) is 6.07 Å². The average molecular weight is 414 g/mol. The van der Waals surface area contributed by atoms with Gasteiger partial charge in [0.25, 0.3) is 5.69 Å². The van der Waals surface area contributed by atoms with Gasteiger partial charge in [0, 0.05) is 6.07 Å². The molecule has 0 spiro atoms. The number of hydrogen-bond acceptors (Lipinski definition) is 4. The van der Waals surface area contributed by atoms with Crippen LogP contribution in [0.25, 0.3) is 0 Å². The highest BCUT2D eigenvalue weighted by molar-refractivity contribution is 9.10. The second-order valence-electron chi connectivity index (χ2n) is 5.56. The maximum atomic E-state index is 11.2. The highest BCUT2D eigenvalue weighted by Crippen LogP contribution is 2.38. The number of halogens is 1. The van der Waals surface area contributed by atoms with E-state index in [0.29, 0.717) is 29.2 Å². The molecule has 3 aromatic rings. The molecule has 0 radical (unpaired) electrons. The Morgan fingerprint density at radius 3 is 1.73 bits per heavy atom. The van der Waals surface area contributed by atoms with Crippen LogP contribution in [-0.2, 0) is 13.2 Å². The van der Waals surface area contributed by atoms with E-state index in [9.17, 15) is 10.1 Å². The van der Waals surface area contributed by atoms with Gasteiger partial charge in [0.05, 0.1) is 15.5 Å². The standard InChI is InChI=1S/C20H16BrNO4/c21-17-11-19(25-13-15-7-3-1-4-8-15)20(12-18(17)22(23)24)26-14-16-9-5-2-6-10-16/h1-12H,13-14H2. The molecule has 0 aliphatic heterocycles. The quantitative estimate of drug-likeness (QED) is 0.378. The minimum absolute atomic E-state index is 0.0693. The van der Waals surface area contributed by atoms with Crippen LogP contribution in [0, 0.1) is 10.1 Å². The van der Waals surface area contributed by atoms with Crippen molar-refractivity contribution in [3.8, 4) is 11.5 Å². The molecule has 5 nitrogen and oxygen atoms in total. The van der Waals surface area contributed by atoms with Crippen molar-refractivity contribution < 1.29 is 14.4 Å². The van der Waals surface area contributed by atoms with Crippen LogP contribution in [0.3, 0.4) is 0 Å². The van der Waals surface area contributed by atoms with Crippen molar-refractivity contribution in [2.75, 3.05) is 0 Å². The van der Waals surface area contributed by atoms with Crippen LogP contribution in [-0.4, -0.2) is 4.92 Å². The minimum atomic E-state index is -0.458. The molecule has 0 amide bonds. The maximum Gasteiger partial charge on any atom is 0.287 e. The Balaban J connectivity index is 1.83. The fraction of sp³-hybridized carbons (Fsp3) is 0.100. The fourth-order valence-corrected chi connectivity index (χ4v) is 2.83. The Labute approximate surface area is 159 Å². The second-order valence-corrected chi connectivity index (χ2v) is 6.41. The van der Waals surface area contributed by atoms with Gasteiger partial charge in [0.1, 0.15) is 13.2 Å². The number of ether oxygens (including phenoxy) is 2. The van der Waals surface area contributed by atoms with Crippen LogP contribution in [0.15, 0.2) is 77.3 Å². The van der Waals surface area contributed by atoms with Crippen molar-refractivity contribution in [1.82, 2.24) is 0 Å². The molecule has 0 aliphatic carbocycles. The molecule has 0 N–H and O–H groups in total. The molecule has 0 aliphatic rings. The zero-order valence-corrected chi connectivity index (χ0v) is 15.4. The molecule has 0 aromatic heterocycles. The molecule has 0 fully saturated rings. The molecule has 0 saturated carbocycles. The lowest BCUT2D eigenvalue weighted by Gasteiger charge is -2.14. The molecular weight excluding hydrogens is 398 g/mol. The Bertz CT molecular complexity index is 885. The summed E-state index contributed by atoms with van der Waals surface area (Å²) in [7, 11) is 0. The number of nitro benzene ring substituents is 1. The molecule has 0 heterocycles. The predicted molar refractivity (Wildman–Crippen MR) is 102 cm³/mol. The van der Waals surface area contributed by atoms with Gasteiger partial charge in [-0.2, -0.15) is 0 Å². The van der Waals surface area contributed by atoms with Gasteiger partial charge < -0.3 is 9.47 Å². The van der Waals surface area contributed by atoms with Crippen molar-refractivity contribution in [3.63, 3.8) is 0 Å². The summed E-state index contributed by atoms with van der Waals surface area (Å²) in [6.45, 7) is 0.633. The van der Waals surface area contributed by atoms with E-state index in [0.717, 1.165) is 11.1 Å². The number of benzene rings is 3. The van der Waals surface area contributed by atoms with Gasteiger partial charge in [-0.05, 0) is 27.1 Å². The third-order valence-corrected chi connectivity index (χ3v) is 4.32. The summed E-state index contributed by atoms with van der Waals surface area (Å²) in [4.78, 5) is 10.8. The average Bonchev–Trinajstić information content (AvgIpc) is 2.67. The molecule has 0 bridgehead atoms. The summed E-state index contributed by atoms with van der Waals surface area (Å²) in [5, 5.41) is 11.2. The Kier molecular flexibility index (Phi) is 5.86. The monoisotopic (exact) mass is 413 g/mol. The topological polar surface area (TPSA) is 61.6 Å². The number of nitrogens with zero attached hydrogens (tertiary/aromatic N) is 1. The smallest absolute Gasteiger partial charge is 0.287 e. The first kappa shape index (κ1) is 17.9. The first-order chi connectivity index (χ1) is 12.6. The summed E-state index contributed by atoms with van der Waals surface area (Å²) < 4.78 is 12.0. The van der Waals surface area contributed by atoms with Crippen molar-refractivity contribution >= 4 is 21.6 Å². The van der Waals surface area contributed by atoms with Crippen LogP contribution in [0.5, 0.6) is 11.5 Å². The van der Waals surface area contributed by atoms with E-state index in [1.165, 1.54) is 6.07 Å². The van der Waals surface area contributed by atoms with Crippen molar-refractivity contribution in [3.05, 3.63) is 98.5 Å². The largest absolute Gasteiger partial charge is 0.485 e. The molecule has 0 saturated heterocycles. The Morgan fingerprint density at radius 2 is 1.27 bits per heavy atom. The van der Waals surface area contributed by atoms with Gasteiger partial charge >= 0.3 is 0 Å². The number of rotatable bonds is 7. The van der Waals surface area contributed by atoms with Crippen LogP contribution in [0.2, 0.25) is 0 Å². The van der Waals surface area contributed by atoms with Crippen LogP contribution < -0.4 is 9.47 Å². The summed E-state index contributed by atoms with van der Waals surface area (Å²) in [6.07, 6.45) is 0. The van der Waals surface area contributed by atoms with E-state index in [2.05, 4.69) is 15.9 Å². The van der Waals surface area contributed by atoms with E-state index < -0.39 is 4.92 Å². The molecule has 6 heteroatoms.